The Bertz CT molecular complexity index is 1220. The predicted octanol–water partition coefficient (Wildman–Crippen LogP) is 3.41. The number of benzene rings is 2. The minimum absolute atomic E-state index is 0.120. The maximum Gasteiger partial charge on any atom is 0.263 e. The summed E-state index contributed by atoms with van der Waals surface area (Å²) in [7, 11) is 1.55. The fourth-order valence-electron chi connectivity index (χ4n) is 2.74. The van der Waals surface area contributed by atoms with Crippen molar-refractivity contribution in [3.8, 4) is 28.5 Å². The zero-order valence-corrected chi connectivity index (χ0v) is 17.2. The van der Waals surface area contributed by atoms with Crippen LogP contribution >= 0.6 is 11.6 Å². The summed E-state index contributed by atoms with van der Waals surface area (Å²) < 4.78 is 10.9. The lowest BCUT2D eigenvalue weighted by atomic mass is 10.2. The normalized spacial score (nSPS) is 11.0. The zero-order valence-electron chi connectivity index (χ0n) is 16.4. The Hall–Kier alpha value is -3.98. The predicted molar refractivity (Wildman–Crippen MR) is 115 cm³/mol. The van der Waals surface area contributed by atoms with E-state index >= 15 is 0 Å². The number of carbonyl (C=O) groups is 1. The quantitative estimate of drug-likeness (QED) is 0.351. The highest BCUT2D eigenvalue weighted by Gasteiger charge is 2.09. The van der Waals surface area contributed by atoms with Gasteiger partial charge < -0.3 is 9.15 Å². The molecule has 0 aliphatic carbocycles. The number of carbonyl (C=O) groups excluding carboxylic acids is 1. The number of nitrogens with zero attached hydrogens (tertiary/aromatic N) is 5. The number of methoxy groups -OCH3 is 1. The van der Waals surface area contributed by atoms with Crippen molar-refractivity contribution in [3.05, 3.63) is 71.4 Å². The first-order valence-electron chi connectivity index (χ1n) is 9.21. The highest BCUT2D eigenvalue weighted by atomic mass is 35.5. The largest absolute Gasteiger partial charge is 0.495 e. The molecule has 4 rings (SSSR count). The van der Waals surface area contributed by atoms with Gasteiger partial charge in [-0.3, -0.25) is 4.79 Å². The van der Waals surface area contributed by atoms with Crippen molar-refractivity contribution in [3.63, 3.8) is 0 Å². The Kier molecular flexibility index (Phi) is 6.04. The Balaban J connectivity index is 1.33. The Labute approximate surface area is 182 Å². The highest BCUT2D eigenvalue weighted by Crippen LogP contribution is 2.30. The second kappa shape index (κ2) is 9.23. The number of ether oxygens (including phenoxy) is 1. The van der Waals surface area contributed by atoms with Crippen LogP contribution in [0.25, 0.3) is 22.7 Å². The molecule has 0 aliphatic heterocycles. The summed E-state index contributed by atoms with van der Waals surface area (Å²) in [5.41, 5.74) is 4.02. The van der Waals surface area contributed by atoms with Gasteiger partial charge in [0, 0.05) is 11.1 Å². The monoisotopic (exact) mass is 436 g/mol. The number of nitrogens with one attached hydrogen (secondary N) is 1. The molecule has 0 saturated carbocycles. The van der Waals surface area contributed by atoms with Crippen LogP contribution in [0.4, 0.5) is 0 Å². The van der Waals surface area contributed by atoms with E-state index in [0.29, 0.717) is 28.1 Å². The van der Waals surface area contributed by atoms with Crippen LogP contribution in [0.3, 0.4) is 0 Å². The fourth-order valence-corrected chi connectivity index (χ4v) is 3.00. The second-order valence-electron chi connectivity index (χ2n) is 6.35. The fraction of sp³-hybridized carbons (Fsp3) is 0.0952. The molecular weight excluding hydrogens is 420 g/mol. The van der Waals surface area contributed by atoms with Gasteiger partial charge in [-0.05, 0) is 35.5 Å². The Morgan fingerprint density at radius 3 is 2.81 bits per heavy atom. The lowest BCUT2D eigenvalue weighted by Crippen LogP contribution is -2.24. The maximum atomic E-state index is 12.1. The number of hydrazone groups is 1. The molecule has 1 N–H and O–H groups in total. The van der Waals surface area contributed by atoms with Crippen LogP contribution < -0.4 is 10.2 Å². The van der Waals surface area contributed by atoms with Gasteiger partial charge in [0.25, 0.3) is 5.91 Å². The van der Waals surface area contributed by atoms with Crippen LogP contribution in [0.5, 0.6) is 5.75 Å². The molecule has 9 nitrogen and oxygen atoms in total. The number of hydrogen-bond donors (Lipinski definition) is 1. The molecule has 0 fully saturated rings. The van der Waals surface area contributed by atoms with Gasteiger partial charge in [0.15, 0.2) is 0 Å². The number of tetrazole rings is 1. The van der Waals surface area contributed by atoms with E-state index < -0.39 is 5.91 Å². The minimum Gasteiger partial charge on any atom is -0.495 e. The van der Waals surface area contributed by atoms with Gasteiger partial charge in [0.1, 0.15) is 23.8 Å². The molecule has 4 aromatic rings. The topological polar surface area (TPSA) is 107 Å². The van der Waals surface area contributed by atoms with Crippen molar-refractivity contribution in [2.24, 2.45) is 5.10 Å². The second-order valence-corrected chi connectivity index (χ2v) is 6.76. The van der Waals surface area contributed by atoms with Gasteiger partial charge in [-0.2, -0.15) is 9.90 Å². The van der Waals surface area contributed by atoms with Gasteiger partial charge in [0.2, 0.25) is 5.82 Å². The number of hydrogen-bond acceptors (Lipinski definition) is 7. The average Bonchev–Trinajstić information content (AvgIpc) is 3.44. The third-order valence-corrected chi connectivity index (χ3v) is 4.51. The van der Waals surface area contributed by atoms with Crippen LogP contribution in [-0.4, -0.2) is 39.4 Å². The van der Waals surface area contributed by atoms with Crippen molar-refractivity contribution in [2.45, 2.75) is 6.54 Å². The lowest BCUT2D eigenvalue weighted by molar-refractivity contribution is -0.122. The minimum atomic E-state index is -0.401. The SMILES string of the molecule is COc1ccc(-c2ccc(C=NNC(=O)Cn3nnc(-c4ccccc4)n3)o2)cc1Cl. The summed E-state index contributed by atoms with van der Waals surface area (Å²) in [5, 5.41) is 16.4. The summed E-state index contributed by atoms with van der Waals surface area (Å²) >= 11 is 6.15. The molecule has 0 spiro atoms. The van der Waals surface area contributed by atoms with E-state index in [9.17, 15) is 4.79 Å². The highest BCUT2D eigenvalue weighted by molar-refractivity contribution is 6.32. The molecule has 156 valence electrons. The average molecular weight is 437 g/mol. The molecule has 0 atom stereocenters. The molecular formula is C21H17ClN6O3. The molecule has 0 unspecified atom stereocenters. The van der Waals surface area contributed by atoms with Gasteiger partial charge in [-0.25, -0.2) is 5.43 Å². The van der Waals surface area contributed by atoms with Crippen LogP contribution in [0.2, 0.25) is 5.02 Å². The van der Waals surface area contributed by atoms with E-state index in [1.807, 2.05) is 36.4 Å². The van der Waals surface area contributed by atoms with Crippen LogP contribution in [0, 0.1) is 0 Å². The zero-order chi connectivity index (χ0) is 21.6. The molecule has 0 bridgehead atoms. The first kappa shape index (κ1) is 20.3. The van der Waals surface area contributed by atoms with E-state index in [-0.39, 0.29) is 6.54 Å². The van der Waals surface area contributed by atoms with E-state index in [0.717, 1.165) is 11.1 Å². The summed E-state index contributed by atoms with van der Waals surface area (Å²) in [6.07, 6.45) is 1.40. The van der Waals surface area contributed by atoms with Crippen LogP contribution in [0.15, 0.2) is 70.2 Å². The summed E-state index contributed by atoms with van der Waals surface area (Å²) in [6.45, 7) is -0.120. The van der Waals surface area contributed by atoms with Crippen LogP contribution in [0.1, 0.15) is 5.76 Å². The molecule has 1 amide bonds. The molecule has 2 heterocycles. The molecule has 0 aliphatic rings. The third-order valence-electron chi connectivity index (χ3n) is 4.21. The van der Waals surface area contributed by atoms with Crippen molar-refractivity contribution in [1.82, 2.24) is 25.6 Å². The number of halogens is 1. The molecule has 10 heteroatoms. The number of aromatic nitrogens is 4. The molecule has 2 aromatic carbocycles. The Morgan fingerprint density at radius 2 is 2.03 bits per heavy atom. The van der Waals surface area contributed by atoms with Crippen molar-refractivity contribution >= 4 is 23.7 Å². The van der Waals surface area contributed by atoms with E-state index in [1.54, 1.807) is 31.4 Å². The summed E-state index contributed by atoms with van der Waals surface area (Å²) in [5.74, 6) is 1.70. The maximum absolute atomic E-state index is 12.1. The van der Waals surface area contributed by atoms with E-state index in [1.165, 1.54) is 11.0 Å². The van der Waals surface area contributed by atoms with Gasteiger partial charge in [-0.15, -0.1) is 10.2 Å². The smallest absolute Gasteiger partial charge is 0.263 e. The van der Waals surface area contributed by atoms with E-state index in [2.05, 4.69) is 25.9 Å². The number of rotatable bonds is 7. The first-order valence-corrected chi connectivity index (χ1v) is 9.59. The number of furan rings is 1. The molecule has 0 saturated heterocycles. The van der Waals surface area contributed by atoms with E-state index in [4.69, 9.17) is 20.8 Å². The summed E-state index contributed by atoms with van der Waals surface area (Å²) in [6, 6.07) is 18.2. The van der Waals surface area contributed by atoms with Gasteiger partial charge in [-0.1, -0.05) is 41.9 Å². The third kappa shape index (κ3) is 4.96. The molecule has 0 radical (unpaired) electrons. The van der Waals surface area contributed by atoms with Crippen molar-refractivity contribution in [1.29, 1.82) is 0 Å². The molecule has 2 aromatic heterocycles. The van der Waals surface area contributed by atoms with Gasteiger partial charge >= 0.3 is 0 Å². The van der Waals surface area contributed by atoms with Gasteiger partial charge in [0.05, 0.1) is 18.3 Å². The Morgan fingerprint density at radius 1 is 1.19 bits per heavy atom. The lowest BCUT2D eigenvalue weighted by Gasteiger charge is -2.04. The van der Waals surface area contributed by atoms with Crippen molar-refractivity contribution < 1.29 is 13.9 Å². The summed E-state index contributed by atoms with van der Waals surface area (Å²) in [4.78, 5) is 13.3. The number of amides is 1. The molecule has 31 heavy (non-hydrogen) atoms. The standard InChI is InChI=1S/C21H17ClN6O3/c1-30-19-9-7-15(11-17(19)22)18-10-8-16(31-18)12-23-24-20(29)13-28-26-21(25-27-28)14-5-3-2-4-6-14/h2-12H,13H2,1H3,(H,24,29). The van der Waals surface area contributed by atoms with Crippen molar-refractivity contribution in [2.75, 3.05) is 7.11 Å². The first-order chi connectivity index (χ1) is 15.1. The van der Waals surface area contributed by atoms with Crippen LogP contribution in [-0.2, 0) is 11.3 Å².